The summed E-state index contributed by atoms with van der Waals surface area (Å²) in [7, 11) is -2.64. The highest BCUT2D eigenvalue weighted by atomic mass is 32.2. The maximum Gasteiger partial charge on any atom is 0.416 e. The van der Waals surface area contributed by atoms with Crippen LogP contribution in [0.1, 0.15) is 21.6 Å². The second-order valence-electron chi connectivity index (χ2n) is 10.3. The molecule has 5 aromatic rings. The number of anilines is 1. The molecular weight excluding hydrogens is 607 g/mol. The van der Waals surface area contributed by atoms with Crippen molar-refractivity contribution in [2.24, 2.45) is 0 Å². The van der Waals surface area contributed by atoms with Gasteiger partial charge in [0.2, 0.25) is 0 Å². The zero-order valence-corrected chi connectivity index (χ0v) is 24.7. The van der Waals surface area contributed by atoms with Crippen molar-refractivity contribution in [3.63, 3.8) is 0 Å². The van der Waals surface area contributed by atoms with Crippen molar-refractivity contribution in [1.82, 2.24) is 10.3 Å². The van der Waals surface area contributed by atoms with E-state index in [2.05, 4.69) is 15.0 Å². The minimum atomic E-state index is -4.55. The SMILES string of the molecule is COC[C@H](Cc1ccc(O)cc1)NC(=O)c1cc(NS(=O)(=O)c2ccccc2)c2cc(-c3cccc(C(F)(F)F)c3)ccc2n1. The first-order valence-electron chi connectivity index (χ1n) is 13.7. The molecule has 1 amide bonds. The molecule has 3 N–H and O–H groups in total. The average molecular weight is 636 g/mol. The van der Waals surface area contributed by atoms with Crippen molar-refractivity contribution in [3.8, 4) is 16.9 Å². The summed E-state index contributed by atoms with van der Waals surface area (Å²) < 4.78 is 74.7. The molecule has 0 aliphatic carbocycles. The summed E-state index contributed by atoms with van der Waals surface area (Å²) >= 11 is 0. The Kier molecular flexibility index (Phi) is 9.07. The number of phenolic OH excluding ortho intramolecular Hbond substituents is 1. The molecule has 1 aromatic heterocycles. The van der Waals surface area contributed by atoms with Crippen LogP contribution in [0.25, 0.3) is 22.0 Å². The molecule has 0 radical (unpaired) electrons. The fourth-order valence-corrected chi connectivity index (χ4v) is 5.90. The number of nitrogens with zero attached hydrogens (tertiary/aromatic N) is 1. The molecule has 45 heavy (non-hydrogen) atoms. The van der Waals surface area contributed by atoms with E-state index in [-0.39, 0.29) is 45.1 Å². The average Bonchev–Trinajstić information content (AvgIpc) is 3.02. The van der Waals surface area contributed by atoms with E-state index >= 15 is 0 Å². The van der Waals surface area contributed by atoms with Crippen LogP contribution in [0.3, 0.4) is 0 Å². The Morgan fingerprint density at radius 1 is 0.911 bits per heavy atom. The Hall–Kier alpha value is -4.94. The van der Waals surface area contributed by atoms with Crippen LogP contribution in [0.4, 0.5) is 18.9 Å². The van der Waals surface area contributed by atoms with Crippen molar-refractivity contribution in [2.45, 2.75) is 23.5 Å². The lowest BCUT2D eigenvalue weighted by Gasteiger charge is -2.19. The van der Waals surface area contributed by atoms with Gasteiger partial charge in [-0.3, -0.25) is 9.52 Å². The smallest absolute Gasteiger partial charge is 0.416 e. The monoisotopic (exact) mass is 635 g/mol. The second-order valence-corrected chi connectivity index (χ2v) is 12.0. The Labute approximate surface area is 257 Å². The fourth-order valence-electron chi connectivity index (χ4n) is 4.81. The first-order chi connectivity index (χ1) is 21.4. The Balaban J connectivity index is 1.55. The summed E-state index contributed by atoms with van der Waals surface area (Å²) in [6, 6.07) is 24.3. The van der Waals surface area contributed by atoms with Crippen LogP contribution in [0.5, 0.6) is 5.75 Å². The van der Waals surface area contributed by atoms with Crippen molar-refractivity contribution < 1.29 is 36.2 Å². The van der Waals surface area contributed by atoms with Crippen LogP contribution < -0.4 is 10.0 Å². The standard InChI is InChI=1S/C33H28F3N3O5S/c1-44-20-25(16-21-10-13-26(40)14-11-21)37-32(41)31-19-30(39-45(42,43)27-8-3-2-4-9-27)28-18-23(12-15-29(28)38-31)22-6-5-7-24(17-22)33(34,35)36/h2-15,17-19,25,40H,16,20H2,1H3,(H,37,41)(H,38,39)/t25-/m0/s1. The molecule has 0 fully saturated rings. The molecule has 4 aromatic carbocycles. The molecule has 0 spiro atoms. The molecular formula is C33H28F3N3O5S. The van der Waals surface area contributed by atoms with Crippen LogP contribution in [0.15, 0.2) is 108 Å². The van der Waals surface area contributed by atoms with Crippen molar-refractivity contribution in [2.75, 3.05) is 18.4 Å². The summed E-state index contributed by atoms with van der Waals surface area (Å²) in [5, 5.41) is 12.7. The number of sulfonamides is 1. The van der Waals surface area contributed by atoms with Crippen molar-refractivity contribution in [1.29, 1.82) is 0 Å². The number of nitrogens with one attached hydrogen (secondary N) is 2. The molecule has 8 nitrogen and oxygen atoms in total. The second kappa shape index (κ2) is 13.0. The summed E-state index contributed by atoms with van der Waals surface area (Å²) in [6.07, 6.45) is -4.17. The lowest BCUT2D eigenvalue weighted by Crippen LogP contribution is -2.40. The maximum atomic E-state index is 13.5. The Morgan fingerprint density at radius 3 is 2.31 bits per heavy atom. The minimum absolute atomic E-state index is 0.0182. The highest BCUT2D eigenvalue weighted by Crippen LogP contribution is 2.34. The van der Waals surface area contributed by atoms with Gasteiger partial charge in [-0.15, -0.1) is 0 Å². The number of benzene rings is 4. The van der Waals surface area contributed by atoms with Crippen molar-refractivity contribution >= 4 is 32.5 Å². The van der Waals surface area contributed by atoms with E-state index in [1.807, 2.05) is 0 Å². The Morgan fingerprint density at radius 2 is 1.62 bits per heavy atom. The number of amides is 1. The predicted molar refractivity (Wildman–Crippen MR) is 164 cm³/mol. The maximum absolute atomic E-state index is 13.5. The van der Waals surface area contributed by atoms with Crippen LogP contribution in [0.2, 0.25) is 0 Å². The number of hydrogen-bond acceptors (Lipinski definition) is 6. The number of aromatic hydroxyl groups is 1. The molecule has 0 saturated carbocycles. The van der Waals surface area contributed by atoms with E-state index < -0.39 is 33.7 Å². The first-order valence-corrected chi connectivity index (χ1v) is 15.2. The number of carbonyl (C=O) groups is 1. The Bertz CT molecular complexity index is 1930. The summed E-state index contributed by atoms with van der Waals surface area (Å²) in [4.78, 5) is 17.9. The number of rotatable bonds is 10. The molecule has 0 bridgehead atoms. The number of halogens is 3. The van der Waals surface area contributed by atoms with Gasteiger partial charge in [-0.1, -0.05) is 48.5 Å². The lowest BCUT2D eigenvalue weighted by molar-refractivity contribution is -0.137. The third-order valence-corrected chi connectivity index (χ3v) is 8.37. The third-order valence-electron chi connectivity index (χ3n) is 6.98. The normalized spacial score (nSPS) is 12.5. The van der Waals surface area contributed by atoms with Gasteiger partial charge in [0.1, 0.15) is 11.4 Å². The minimum Gasteiger partial charge on any atom is -0.508 e. The van der Waals surface area contributed by atoms with Gasteiger partial charge in [-0.2, -0.15) is 13.2 Å². The topological polar surface area (TPSA) is 118 Å². The number of fused-ring (bicyclic) bond motifs is 1. The number of pyridine rings is 1. The van der Waals surface area contributed by atoms with Gasteiger partial charge in [-0.25, -0.2) is 13.4 Å². The number of phenols is 1. The number of ether oxygens (including phenoxy) is 1. The number of carbonyl (C=O) groups excluding carboxylic acids is 1. The molecule has 0 saturated heterocycles. The van der Waals surface area contributed by atoms with E-state index in [0.717, 1.165) is 17.7 Å². The molecule has 1 heterocycles. The zero-order valence-electron chi connectivity index (χ0n) is 23.9. The predicted octanol–water partition coefficient (Wildman–Crippen LogP) is 6.41. The van der Waals surface area contributed by atoms with Gasteiger partial charge in [0.15, 0.2) is 0 Å². The van der Waals surface area contributed by atoms with E-state index in [0.29, 0.717) is 12.0 Å². The van der Waals surface area contributed by atoms with Gasteiger partial charge in [-0.05, 0) is 77.7 Å². The van der Waals surface area contributed by atoms with Gasteiger partial charge in [0.05, 0.1) is 34.3 Å². The molecule has 1 atom stereocenters. The first kappa shape index (κ1) is 31.5. The number of methoxy groups -OCH3 is 1. The number of aromatic nitrogens is 1. The third kappa shape index (κ3) is 7.59. The van der Waals surface area contributed by atoms with Gasteiger partial charge < -0.3 is 15.2 Å². The van der Waals surface area contributed by atoms with E-state index in [1.54, 1.807) is 36.4 Å². The molecule has 0 aliphatic rings. The largest absolute Gasteiger partial charge is 0.508 e. The highest BCUT2D eigenvalue weighted by Gasteiger charge is 2.30. The van der Waals surface area contributed by atoms with Crippen LogP contribution >= 0.6 is 0 Å². The van der Waals surface area contributed by atoms with Gasteiger partial charge >= 0.3 is 6.18 Å². The molecule has 232 valence electrons. The number of alkyl halides is 3. The van der Waals surface area contributed by atoms with Crippen LogP contribution in [0, 0.1) is 0 Å². The summed E-state index contributed by atoms with van der Waals surface area (Å²) in [6.45, 7) is 0.161. The zero-order chi connectivity index (χ0) is 32.2. The molecule has 12 heteroatoms. The summed E-state index contributed by atoms with van der Waals surface area (Å²) in [5.74, 6) is -0.493. The highest BCUT2D eigenvalue weighted by molar-refractivity contribution is 7.92. The van der Waals surface area contributed by atoms with Crippen LogP contribution in [-0.2, 0) is 27.4 Å². The van der Waals surface area contributed by atoms with Gasteiger partial charge in [0, 0.05) is 12.5 Å². The molecule has 0 aliphatic heterocycles. The van der Waals surface area contributed by atoms with E-state index in [4.69, 9.17) is 4.74 Å². The van der Waals surface area contributed by atoms with E-state index in [1.165, 1.54) is 61.7 Å². The van der Waals surface area contributed by atoms with Gasteiger partial charge in [0.25, 0.3) is 15.9 Å². The molecule has 5 rings (SSSR count). The fraction of sp³-hybridized carbons (Fsp3) is 0.152. The van der Waals surface area contributed by atoms with Crippen molar-refractivity contribution in [3.05, 3.63) is 120 Å². The molecule has 0 unspecified atom stereocenters. The quantitative estimate of drug-likeness (QED) is 0.163. The summed E-state index contributed by atoms with van der Waals surface area (Å²) in [5.41, 5.74) is 0.833. The van der Waals surface area contributed by atoms with E-state index in [9.17, 15) is 31.5 Å². The number of hydrogen-bond donors (Lipinski definition) is 3. The lowest BCUT2D eigenvalue weighted by atomic mass is 10.00. The van der Waals surface area contributed by atoms with Crippen LogP contribution in [-0.4, -0.2) is 44.2 Å².